The first-order valence-electron chi connectivity index (χ1n) is 9.78. The molecule has 1 saturated carbocycles. The molecule has 0 bridgehead atoms. The molecule has 142 valence electrons. The van der Waals surface area contributed by atoms with Gasteiger partial charge in [0.2, 0.25) is 0 Å². The highest BCUT2D eigenvalue weighted by Crippen LogP contribution is 2.37. The van der Waals surface area contributed by atoms with E-state index in [0.717, 1.165) is 24.8 Å². The summed E-state index contributed by atoms with van der Waals surface area (Å²) in [4.78, 5) is 22.9. The normalized spacial score (nSPS) is 35.8. The van der Waals surface area contributed by atoms with Crippen LogP contribution in [-0.2, 0) is 4.79 Å². The molecule has 5 heteroatoms. The van der Waals surface area contributed by atoms with E-state index < -0.39 is 6.10 Å². The number of carbonyl (C=O) groups excluding carboxylic acids is 1. The van der Waals surface area contributed by atoms with E-state index in [-0.39, 0.29) is 18.0 Å². The number of allylic oxidation sites excluding steroid dienone is 3. The van der Waals surface area contributed by atoms with Crippen molar-refractivity contribution in [3.63, 3.8) is 0 Å². The molecule has 26 heavy (non-hydrogen) atoms. The second-order valence-corrected chi connectivity index (χ2v) is 8.19. The number of nitrogens with one attached hydrogen (secondary N) is 1. The van der Waals surface area contributed by atoms with E-state index in [2.05, 4.69) is 24.3 Å². The van der Waals surface area contributed by atoms with Gasteiger partial charge in [-0.2, -0.15) is 0 Å². The van der Waals surface area contributed by atoms with Crippen LogP contribution >= 0.6 is 0 Å². The van der Waals surface area contributed by atoms with E-state index in [0.29, 0.717) is 36.7 Å². The fourth-order valence-corrected chi connectivity index (χ4v) is 4.77. The van der Waals surface area contributed by atoms with Crippen LogP contribution in [-0.4, -0.2) is 29.1 Å². The van der Waals surface area contributed by atoms with Gasteiger partial charge in [0.25, 0.3) is 0 Å². The van der Waals surface area contributed by atoms with Crippen molar-refractivity contribution >= 4 is 5.78 Å². The van der Waals surface area contributed by atoms with Crippen LogP contribution in [0.15, 0.2) is 39.7 Å². The van der Waals surface area contributed by atoms with E-state index in [1.165, 1.54) is 11.1 Å². The second-order valence-electron chi connectivity index (χ2n) is 8.19. The summed E-state index contributed by atoms with van der Waals surface area (Å²) in [6.07, 6.45) is 8.13. The van der Waals surface area contributed by atoms with Gasteiger partial charge in [0, 0.05) is 24.9 Å². The van der Waals surface area contributed by atoms with Gasteiger partial charge in [0.05, 0.1) is 11.8 Å². The van der Waals surface area contributed by atoms with Crippen LogP contribution in [0.4, 0.5) is 0 Å². The van der Waals surface area contributed by atoms with Crippen molar-refractivity contribution in [1.29, 1.82) is 0 Å². The monoisotopic (exact) mass is 358 g/mol. The molecule has 3 rings (SSSR count). The standard InChI is InChI=1S/C21H30N2O3/c1-12-9-19(23-26)14(3)13(2)18(12)11-16-7-8-20(25)21(22-16)15-5-4-6-17(24)10-15/h7-8,12,15-16,20-22,25H,4-6,9-11H2,1-3H3. The van der Waals surface area contributed by atoms with E-state index in [4.69, 9.17) is 0 Å². The zero-order valence-electron chi connectivity index (χ0n) is 16.0. The van der Waals surface area contributed by atoms with Crippen molar-refractivity contribution in [1.82, 2.24) is 5.32 Å². The Labute approximate surface area is 155 Å². The van der Waals surface area contributed by atoms with Gasteiger partial charge in [0.1, 0.15) is 5.78 Å². The molecule has 5 atom stereocenters. The van der Waals surface area contributed by atoms with Crippen LogP contribution in [0.25, 0.3) is 0 Å². The highest BCUT2D eigenvalue weighted by Gasteiger charge is 2.35. The van der Waals surface area contributed by atoms with Gasteiger partial charge >= 0.3 is 0 Å². The number of hydrogen-bond acceptors (Lipinski definition) is 5. The van der Waals surface area contributed by atoms with E-state index in [1.54, 1.807) is 0 Å². The maximum atomic E-state index is 11.8. The first-order valence-corrected chi connectivity index (χ1v) is 9.78. The summed E-state index contributed by atoms with van der Waals surface area (Å²) in [6.45, 7) is 6.20. The number of ketones is 1. The van der Waals surface area contributed by atoms with Crippen molar-refractivity contribution in [2.24, 2.45) is 17.0 Å². The molecule has 2 aliphatic carbocycles. The Morgan fingerprint density at radius 3 is 2.69 bits per heavy atom. The van der Waals surface area contributed by atoms with Gasteiger partial charge in [-0.25, -0.2) is 0 Å². The maximum absolute atomic E-state index is 11.8. The summed E-state index contributed by atoms with van der Waals surface area (Å²) in [5.74, 6) is 0.823. The minimum Gasteiger partial charge on any atom is -0.387 e. The molecule has 1 fully saturated rings. The Hall–Kier alpha value is -1.59. The van der Waals surface area contributed by atoms with Crippen molar-refractivity contribution in [3.8, 4) is 0 Å². The van der Waals surface area contributed by atoms with Crippen LogP contribution < -0.4 is 5.32 Å². The highest BCUT2D eigenvalue weighted by atomic mass is 16.3. The van der Waals surface area contributed by atoms with Crippen LogP contribution in [0.3, 0.4) is 0 Å². The summed E-state index contributed by atoms with van der Waals surface area (Å²) in [7, 11) is 0. The maximum Gasteiger partial charge on any atom is 0.133 e. The molecule has 0 amide bonds. The predicted molar refractivity (Wildman–Crippen MR) is 102 cm³/mol. The van der Waals surface area contributed by atoms with Crippen LogP contribution in [0.5, 0.6) is 0 Å². The molecule has 1 heterocycles. The van der Waals surface area contributed by atoms with Gasteiger partial charge in [0.15, 0.2) is 0 Å². The minimum absolute atomic E-state index is 0.0575. The minimum atomic E-state index is -0.534. The fraction of sp³-hybridized carbons (Fsp3) is 0.667. The molecule has 0 saturated heterocycles. The number of carbonyl (C=O) groups is 1. The second kappa shape index (κ2) is 7.97. The number of hydrogen-bond donors (Lipinski definition) is 2. The van der Waals surface area contributed by atoms with Crippen LogP contribution in [0, 0.1) is 16.7 Å². The molecule has 0 aromatic carbocycles. The Bertz CT molecular complexity index is 677. The molecular formula is C21H30N2O3. The molecule has 2 N–H and O–H groups in total. The third-order valence-corrected chi connectivity index (χ3v) is 6.46. The van der Waals surface area contributed by atoms with Gasteiger partial charge in [-0.15, -0.1) is 4.91 Å². The Morgan fingerprint density at radius 2 is 2.00 bits per heavy atom. The lowest BCUT2D eigenvalue weighted by Crippen LogP contribution is -2.52. The molecule has 0 aromatic rings. The average Bonchev–Trinajstić information content (AvgIpc) is 2.63. The largest absolute Gasteiger partial charge is 0.387 e. The predicted octanol–water partition coefficient (Wildman–Crippen LogP) is 3.79. The lowest BCUT2D eigenvalue weighted by molar-refractivity contribution is -0.122. The number of rotatable bonds is 4. The number of nitroso groups, excluding NO2 is 1. The number of Topliss-reactive ketones (excluding diaryl/α,β-unsaturated/α-hetero) is 1. The van der Waals surface area contributed by atoms with E-state index in [1.807, 2.05) is 19.1 Å². The van der Waals surface area contributed by atoms with Crippen molar-refractivity contribution in [2.75, 3.05) is 0 Å². The zero-order valence-corrected chi connectivity index (χ0v) is 16.0. The first-order chi connectivity index (χ1) is 12.4. The summed E-state index contributed by atoms with van der Waals surface area (Å²) < 4.78 is 0. The molecule has 0 radical (unpaired) electrons. The van der Waals surface area contributed by atoms with Gasteiger partial charge in [-0.1, -0.05) is 24.6 Å². The summed E-state index contributed by atoms with van der Waals surface area (Å²) in [5.41, 5.74) is 4.19. The number of aliphatic hydroxyl groups is 1. The van der Waals surface area contributed by atoms with Crippen molar-refractivity contribution in [2.45, 2.75) is 77.5 Å². The summed E-state index contributed by atoms with van der Waals surface area (Å²) in [6, 6.07) is 0.0873. The molecule has 5 unspecified atom stereocenters. The quantitative estimate of drug-likeness (QED) is 0.592. The summed E-state index contributed by atoms with van der Waals surface area (Å²) >= 11 is 0. The van der Waals surface area contributed by atoms with Crippen molar-refractivity contribution in [3.05, 3.63) is 39.5 Å². The fourth-order valence-electron chi connectivity index (χ4n) is 4.77. The van der Waals surface area contributed by atoms with Gasteiger partial charge in [-0.05, 0) is 67.7 Å². The smallest absolute Gasteiger partial charge is 0.133 e. The van der Waals surface area contributed by atoms with Gasteiger partial charge < -0.3 is 10.4 Å². The molecule has 0 spiro atoms. The Kier molecular flexibility index (Phi) is 5.88. The lowest BCUT2D eigenvalue weighted by atomic mass is 9.77. The lowest BCUT2D eigenvalue weighted by Gasteiger charge is -2.38. The molecule has 3 aliphatic rings. The third kappa shape index (κ3) is 3.89. The van der Waals surface area contributed by atoms with Crippen LogP contribution in [0.1, 0.15) is 59.3 Å². The average molecular weight is 358 g/mol. The SMILES string of the molecule is CC1=C(N=O)CC(C)C(CC2C=CC(O)C(C3CCCC(=O)C3)N2)=C1C. The Balaban J connectivity index is 1.75. The third-order valence-electron chi connectivity index (χ3n) is 6.46. The van der Waals surface area contributed by atoms with Gasteiger partial charge in [-0.3, -0.25) is 4.79 Å². The number of nitrogens with zero attached hydrogens (tertiary/aromatic N) is 1. The van der Waals surface area contributed by atoms with Crippen LogP contribution in [0.2, 0.25) is 0 Å². The molecule has 1 aliphatic heterocycles. The van der Waals surface area contributed by atoms with Crippen molar-refractivity contribution < 1.29 is 9.90 Å². The number of aliphatic hydroxyl groups excluding tert-OH is 1. The van der Waals surface area contributed by atoms with E-state index >= 15 is 0 Å². The topological polar surface area (TPSA) is 78.8 Å². The Morgan fingerprint density at radius 1 is 1.23 bits per heavy atom. The summed E-state index contributed by atoms with van der Waals surface area (Å²) in [5, 5.41) is 17.2. The molecule has 0 aromatic heterocycles. The molecule has 5 nitrogen and oxygen atoms in total. The first kappa shape index (κ1) is 19.2. The zero-order chi connectivity index (χ0) is 18.8. The highest BCUT2D eigenvalue weighted by molar-refractivity contribution is 5.79. The van der Waals surface area contributed by atoms with E-state index in [9.17, 15) is 14.8 Å². The molecular weight excluding hydrogens is 328 g/mol.